The number of carbonyl (C=O) groups excluding carboxylic acids is 1. The second-order valence-electron chi connectivity index (χ2n) is 4.68. The molecule has 1 aliphatic carbocycles. The fraction of sp³-hybridized carbons (Fsp3) is 0.909. The van der Waals surface area contributed by atoms with Gasteiger partial charge in [-0.3, -0.25) is 0 Å². The molecule has 0 spiro atoms. The third-order valence-corrected chi connectivity index (χ3v) is 4.04. The molecular formula is C11H23N3O. The van der Waals surface area contributed by atoms with E-state index in [1.54, 1.807) is 11.9 Å². The van der Waals surface area contributed by atoms with Gasteiger partial charge in [-0.1, -0.05) is 13.3 Å². The Kier molecular flexibility index (Phi) is 3.97. The van der Waals surface area contributed by atoms with E-state index in [0.717, 1.165) is 31.6 Å². The van der Waals surface area contributed by atoms with Gasteiger partial charge in [0.25, 0.3) is 0 Å². The average Bonchev–Trinajstić information content (AvgIpc) is 2.28. The molecule has 15 heavy (non-hydrogen) atoms. The number of likely N-dealkylation sites (N-methyl/N-ethyl adjacent to an activating group) is 1. The minimum Gasteiger partial charge on any atom is -0.351 e. The predicted molar refractivity (Wildman–Crippen MR) is 61.4 cm³/mol. The first-order valence-electron chi connectivity index (χ1n) is 5.79. The first-order valence-corrected chi connectivity index (χ1v) is 5.79. The van der Waals surface area contributed by atoms with Gasteiger partial charge < -0.3 is 16.4 Å². The maximum atomic E-state index is 11.2. The van der Waals surface area contributed by atoms with Gasteiger partial charge in [-0.05, 0) is 31.6 Å². The molecule has 0 aromatic heterocycles. The molecule has 1 rings (SSSR count). The predicted octanol–water partition coefficient (Wildman–Crippen LogP) is 1.29. The standard InChI is InChI=1S/C11H23N3O/c1-3-9-4-6-11(8-12,7-5-9)14(2)10(13)15/h9H,3-8,12H2,1-2H3,(H2,13,15). The number of nitrogens with zero attached hydrogens (tertiary/aromatic N) is 1. The van der Waals surface area contributed by atoms with Crippen molar-refractivity contribution in [1.82, 2.24) is 4.90 Å². The van der Waals surface area contributed by atoms with Crippen LogP contribution in [0.2, 0.25) is 0 Å². The van der Waals surface area contributed by atoms with Gasteiger partial charge in [0.05, 0.1) is 5.54 Å². The Labute approximate surface area is 92.0 Å². The topological polar surface area (TPSA) is 72.3 Å². The van der Waals surface area contributed by atoms with E-state index >= 15 is 0 Å². The third kappa shape index (κ3) is 2.43. The molecule has 1 aliphatic rings. The molecule has 4 N–H and O–H groups in total. The van der Waals surface area contributed by atoms with Crippen molar-refractivity contribution >= 4 is 6.03 Å². The molecule has 1 saturated carbocycles. The number of amides is 2. The summed E-state index contributed by atoms with van der Waals surface area (Å²) >= 11 is 0. The molecule has 1 fully saturated rings. The first-order chi connectivity index (χ1) is 7.05. The van der Waals surface area contributed by atoms with Gasteiger partial charge in [0.1, 0.15) is 0 Å². The van der Waals surface area contributed by atoms with Gasteiger partial charge in [0.15, 0.2) is 0 Å². The van der Waals surface area contributed by atoms with Crippen molar-refractivity contribution in [1.29, 1.82) is 0 Å². The SMILES string of the molecule is CCC1CCC(CN)(N(C)C(N)=O)CC1. The van der Waals surface area contributed by atoms with Crippen molar-refractivity contribution < 1.29 is 4.79 Å². The van der Waals surface area contributed by atoms with Crippen LogP contribution in [0.15, 0.2) is 0 Å². The van der Waals surface area contributed by atoms with Crippen molar-refractivity contribution in [3.8, 4) is 0 Å². The average molecular weight is 213 g/mol. The molecule has 4 heteroatoms. The maximum Gasteiger partial charge on any atom is 0.315 e. The highest BCUT2D eigenvalue weighted by Crippen LogP contribution is 2.36. The third-order valence-electron chi connectivity index (χ3n) is 4.04. The Morgan fingerprint density at radius 2 is 2.00 bits per heavy atom. The maximum absolute atomic E-state index is 11.2. The van der Waals surface area contributed by atoms with E-state index in [-0.39, 0.29) is 11.6 Å². The largest absolute Gasteiger partial charge is 0.351 e. The van der Waals surface area contributed by atoms with E-state index in [2.05, 4.69) is 6.92 Å². The molecule has 0 radical (unpaired) electrons. The summed E-state index contributed by atoms with van der Waals surface area (Å²) in [7, 11) is 1.77. The second-order valence-corrected chi connectivity index (χ2v) is 4.68. The zero-order valence-electron chi connectivity index (χ0n) is 9.83. The van der Waals surface area contributed by atoms with Crippen LogP contribution in [-0.4, -0.2) is 30.1 Å². The summed E-state index contributed by atoms with van der Waals surface area (Å²) < 4.78 is 0. The van der Waals surface area contributed by atoms with Crippen molar-refractivity contribution in [2.45, 2.75) is 44.6 Å². The lowest BCUT2D eigenvalue weighted by atomic mass is 9.75. The van der Waals surface area contributed by atoms with Crippen LogP contribution in [0.4, 0.5) is 4.79 Å². The van der Waals surface area contributed by atoms with Gasteiger partial charge in [0, 0.05) is 13.6 Å². The summed E-state index contributed by atoms with van der Waals surface area (Å²) in [4.78, 5) is 12.8. The van der Waals surface area contributed by atoms with Gasteiger partial charge in [0.2, 0.25) is 0 Å². The van der Waals surface area contributed by atoms with E-state index in [0.29, 0.717) is 6.54 Å². The normalized spacial score (nSPS) is 31.3. The minimum absolute atomic E-state index is 0.183. The van der Waals surface area contributed by atoms with Gasteiger partial charge >= 0.3 is 6.03 Å². The van der Waals surface area contributed by atoms with Gasteiger partial charge in [-0.2, -0.15) is 0 Å². The Morgan fingerprint density at radius 3 is 2.33 bits per heavy atom. The van der Waals surface area contributed by atoms with E-state index in [9.17, 15) is 4.79 Å². The van der Waals surface area contributed by atoms with Crippen molar-refractivity contribution in [3.63, 3.8) is 0 Å². The summed E-state index contributed by atoms with van der Waals surface area (Å²) in [6.45, 7) is 2.74. The van der Waals surface area contributed by atoms with Gasteiger partial charge in [-0.15, -0.1) is 0 Å². The number of hydrogen-bond acceptors (Lipinski definition) is 2. The number of urea groups is 1. The molecular weight excluding hydrogens is 190 g/mol. The lowest BCUT2D eigenvalue weighted by Gasteiger charge is -2.45. The number of hydrogen-bond donors (Lipinski definition) is 2. The fourth-order valence-electron chi connectivity index (χ4n) is 2.53. The second kappa shape index (κ2) is 4.84. The molecule has 0 bridgehead atoms. The van der Waals surface area contributed by atoms with Crippen LogP contribution in [-0.2, 0) is 0 Å². The molecule has 0 unspecified atom stereocenters. The molecule has 0 aromatic rings. The van der Waals surface area contributed by atoms with E-state index < -0.39 is 0 Å². The van der Waals surface area contributed by atoms with E-state index in [1.165, 1.54) is 6.42 Å². The molecule has 88 valence electrons. The fourth-order valence-corrected chi connectivity index (χ4v) is 2.53. The van der Waals surface area contributed by atoms with Crippen LogP contribution in [0.1, 0.15) is 39.0 Å². The zero-order chi connectivity index (χ0) is 11.5. The molecule has 0 aliphatic heterocycles. The summed E-state index contributed by atoms with van der Waals surface area (Å²) in [6, 6.07) is -0.365. The molecule has 0 atom stereocenters. The number of nitrogens with two attached hydrogens (primary N) is 2. The quantitative estimate of drug-likeness (QED) is 0.741. The molecule has 0 saturated heterocycles. The van der Waals surface area contributed by atoms with Crippen LogP contribution in [0.25, 0.3) is 0 Å². The summed E-state index contributed by atoms with van der Waals surface area (Å²) in [5.74, 6) is 0.797. The lowest BCUT2D eigenvalue weighted by Crippen LogP contribution is -2.57. The first kappa shape index (κ1) is 12.3. The van der Waals surface area contributed by atoms with Crippen molar-refractivity contribution in [2.24, 2.45) is 17.4 Å². The smallest absolute Gasteiger partial charge is 0.315 e. The minimum atomic E-state index is -0.365. The van der Waals surface area contributed by atoms with Crippen LogP contribution < -0.4 is 11.5 Å². The Hall–Kier alpha value is -0.770. The van der Waals surface area contributed by atoms with E-state index in [1.807, 2.05) is 0 Å². The van der Waals surface area contributed by atoms with Crippen molar-refractivity contribution in [3.05, 3.63) is 0 Å². The number of primary amides is 1. The van der Waals surface area contributed by atoms with Crippen LogP contribution in [0, 0.1) is 5.92 Å². The van der Waals surface area contributed by atoms with Crippen molar-refractivity contribution in [2.75, 3.05) is 13.6 Å². The van der Waals surface area contributed by atoms with Gasteiger partial charge in [-0.25, -0.2) is 4.79 Å². The number of carbonyl (C=O) groups is 1. The Morgan fingerprint density at radius 1 is 1.47 bits per heavy atom. The van der Waals surface area contributed by atoms with Crippen LogP contribution in [0.3, 0.4) is 0 Å². The molecule has 0 heterocycles. The highest BCUT2D eigenvalue weighted by molar-refractivity contribution is 5.72. The lowest BCUT2D eigenvalue weighted by molar-refractivity contribution is 0.0906. The van der Waals surface area contributed by atoms with E-state index in [4.69, 9.17) is 11.5 Å². The van der Waals surface area contributed by atoms with Crippen LogP contribution >= 0.6 is 0 Å². The summed E-state index contributed by atoms with van der Waals surface area (Å²) in [5, 5.41) is 0. The Balaban J connectivity index is 2.67. The number of rotatable bonds is 3. The zero-order valence-corrected chi connectivity index (χ0v) is 9.83. The summed E-state index contributed by atoms with van der Waals surface area (Å²) in [6.07, 6.45) is 5.51. The highest BCUT2D eigenvalue weighted by Gasteiger charge is 2.38. The Bertz CT molecular complexity index is 222. The molecule has 2 amide bonds. The summed E-state index contributed by atoms with van der Waals surface area (Å²) in [5.41, 5.74) is 11.0. The van der Waals surface area contributed by atoms with Crippen LogP contribution in [0.5, 0.6) is 0 Å². The molecule has 4 nitrogen and oxygen atoms in total. The molecule has 0 aromatic carbocycles. The monoisotopic (exact) mass is 213 g/mol. The highest BCUT2D eigenvalue weighted by atomic mass is 16.2.